The van der Waals surface area contributed by atoms with E-state index >= 15 is 0 Å². The van der Waals surface area contributed by atoms with Gasteiger partial charge in [-0.3, -0.25) is 4.79 Å². The number of carbonyl (C=O) groups excluding carboxylic acids is 1. The molecule has 2 aromatic carbocycles. The van der Waals surface area contributed by atoms with Gasteiger partial charge in [0.2, 0.25) is 0 Å². The van der Waals surface area contributed by atoms with Crippen molar-refractivity contribution < 1.29 is 13.9 Å². The van der Waals surface area contributed by atoms with Crippen LogP contribution in [0.25, 0.3) is 0 Å². The number of carbonyl (C=O) groups is 1. The summed E-state index contributed by atoms with van der Waals surface area (Å²) < 4.78 is 19.2. The summed E-state index contributed by atoms with van der Waals surface area (Å²) in [5, 5.41) is 2.79. The van der Waals surface area contributed by atoms with E-state index in [0.717, 1.165) is 18.9 Å². The van der Waals surface area contributed by atoms with Crippen LogP contribution < -0.4 is 10.1 Å². The second kappa shape index (κ2) is 7.80. The van der Waals surface area contributed by atoms with Crippen LogP contribution in [0.1, 0.15) is 30.1 Å². The smallest absolute Gasteiger partial charge is 0.255 e. The zero-order chi connectivity index (χ0) is 15.9. The molecule has 1 N–H and O–H groups in total. The Bertz CT molecular complexity index is 644. The van der Waals surface area contributed by atoms with Crippen molar-refractivity contribution in [2.24, 2.45) is 0 Å². The van der Waals surface area contributed by atoms with E-state index in [4.69, 9.17) is 16.3 Å². The van der Waals surface area contributed by atoms with Gasteiger partial charge in [0.25, 0.3) is 5.91 Å². The molecule has 0 unspecified atom stereocenters. The highest BCUT2D eigenvalue weighted by Crippen LogP contribution is 2.20. The highest BCUT2D eigenvalue weighted by atomic mass is 35.5. The van der Waals surface area contributed by atoms with Gasteiger partial charge >= 0.3 is 0 Å². The summed E-state index contributed by atoms with van der Waals surface area (Å²) >= 11 is 5.67. The molecule has 116 valence electrons. The van der Waals surface area contributed by atoms with Gasteiger partial charge in [-0.15, -0.1) is 0 Å². The highest BCUT2D eigenvalue weighted by Gasteiger charge is 2.10. The van der Waals surface area contributed by atoms with E-state index in [2.05, 4.69) is 12.2 Å². The number of hydrogen-bond acceptors (Lipinski definition) is 2. The molecule has 0 spiro atoms. The van der Waals surface area contributed by atoms with Gasteiger partial charge in [-0.1, -0.05) is 24.9 Å². The second-order valence-electron chi connectivity index (χ2n) is 4.80. The fourth-order valence-electron chi connectivity index (χ4n) is 1.82. The van der Waals surface area contributed by atoms with Gasteiger partial charge in [0.05, 0.1) is 12.3 Å². The predicted octanol–water partition coefficient (Wildman–Crippen LogP) is 4.91. The summed E-state index contributed by atoms with van der Waals surface area (Å²) in [4.78, 5) is 12.1. The highest BCUT2D eigenvalue weighted by molar-refractivity contribution is 6.30. The summed E-state index contributed by atoms with van der Waals surface area (Å²) in [5.41, 5.74) is 0.523. The van der Waals surface area contributed by atoms with Gasteiger partial charge < -0.3 is 10.1 Å². The first kappa shape index (κ1) is 16.3. The Labute approximate surface area is 134 Å². The number of ether oxygens (including phenoxy) is 1. The fraction of sp³-hybridized carbons (Fsp3) is 0.235. The molecule has 0 aliphatic rings. The number of halogens is 2. The molecule has 0 bridgehead atoms. The predicted molar refractivity (Wildman–Crippen MR) is 86.2 cm³/mol. The molecule has 0 heterocycles. The first-order valence-corrected chi connectivity index (χ1v) is 7.47. The largest absolute Gasteiger partial charge is 0.494 e. The molecule has 0 saturated carbocycles. The van der Waals surface area contributed by atoms with E-state index in [9.17, 15) is 9.18 Å². The molecule has 2 aromatic rings. The standard InChI is InChI=1S/C17H17ClFNO2/c1-2-3-10-22-14-7-4-12(5-8-14)17(21)20-16-9-6-13(18)11-15(16)19/h4-9,11H,2-3,10H2,1H3,(H,20,21). The molecule has 2 rings (SSSR count). The molecule has 0 aromatic heterocycles. The van der Waals surface area contributed by atoms with Crippen molar-refractivity contribution in [1.29, 1.82) is 0 Å². The Kier molecular flexibility index (Phi) is 5.78. The summed E-state index contributed by atoms with van der Waals surface area (Å²) in [6.45, 7) is 2.74. The quantitative estimate of drug-likeness (QED) is 0.768. The van der Waals surface area contributed by atoms with Crippen LogP contribution in [0.4, 0.5) is 10.1 Å². The maximum atomic E-state index is 13.6. The van der Waals surface area contributed by atoms with Gasteiger partial charge in [0.15, 0.2) is 0 Å². The van der Waals surface area contributed by atoms with Crippen molar-refractivity contribution in [2.75, 3.05) is 11.9 Å². The Morgan fingerprint density at radius 1 is 1.23 bits per heavy atom. The first-order valence-electron chi connectivity index (χ1n) is 7.09. The number of benzene rings is 2. The van der Waals surface area contributed by atoms with Crippen molar-refractivity contribution in [3.8, 4) is 5.75 Å². The zero-order valence-electron chi connectivity index (χ0n) is 12.2. The number of amides is 1. The van der Waals surface area contributed by atoms with Gasteiger partial charge in [0.1, 0.15) is 11.6 Å². The third kappa shape index (κ3) is 4.46. The van der Waals surface area contributed by atoms with Crippen LogP contribution in [-0.4, -0.2) is 12.5 Å². The van der Waals surface area contributed by atoms with Crippen LogP contribution in [0.2, 0.25) is 5.02 Å². The van der Waals surface area contributed by atoms with E-state index in [1.165, 1.54) is 12.1 Å². The normalized spacial score (nSPS) is 10.3. The SMILES string of the molecule is CCCCOc1ccc(C(=O)Nc2ccc(Cl)cc2F)cc1. The van der Waals surface area contributed by atoms with Crippen molar-refractivity contribution in [1.82, 2.24) is 0 Å². The maximum absolute atomic E-state index is 13.6. The average Bonchev–Trinajstić information content (AvgIpc) is 2.51. The van der Waals surface area contributed by atoms with Crippen LogP contribution >= 0.6 is 11.6 Å². The zero-order valence-corrected chi connectivity index (χ0v) is 13.0. The lowest BCUT2D eigenvalue weighted by Crippen LogP contribution is -2.12. The third-order valence-electron chi connectivity index (χ3n) is 3.06. The molecular formula is C17H17ClFNO2. The van der Waals surface area contributed by atoms with E-state index in [1.807, 2.05) is 0 Å². The van der Waals surface area contributed by atoms with Crippen LogP contribution in [0.5, 0.6) is 5.75 Å². The average molecular weight is 322 g/mol. The topological polar surface area (TPSA) is 38.3 Å². The molecule has 0 aliphatic carbocycles. The minimum absolute atomic E-state index is 0.0951. The third-order valence-corrected chi connectivity index (χ3v) is 3.30. The van der Waals surface area contributed by atoms with E-state index in [-0.39, 0.29) is 16.6 Å². The van der Waals surface area contributed by atoms with Crippen LogP contribution in [-0.2, 0) is 0 Å². The van der Waals surface area contributed by atoms with Crippen molar-refractivity contribution in [2.45, 2.75) is 19.8 Å². The van der Waals surface area contributed by atoms with E-state index in [1.54, 1.807) is 24.3 Å². The summed E-state index contributed by atoms with van der Waals surface area (Å²) in [6.07, 6.45) is 2.05. The lowest BCUT2D eigenvalue weighted by atomic mass is 10.2. The van der Waals surface area contributed by atoms with Crippen molar-refractivity contribution in [3.63, 3.8) is 0 Å². The lowest BCUT2D eigenvalue weighted by molar-refractivity contribution is 0.102. The Morgan fingerprint density at radius 2 is 1.95 bits per heavy atom. The molecule has 0 radical (unpaired) electrons. The van der Waals surface area contributed by atoms with Gasteiger partial charge in [-0.05, 0) is 48.9 Å². The molecular weight excluding hydrogens is 305 g/mol. The molecule has 0 atom stereocenters. The maximum Gasteiger partial charge on any atom is 0.255 e. The number of unbranched alkanes of at least 4 members (excludes halogenated alkanes) is 1. The van der Waals surface area contributed by atoms with Crippen LogP contribution in [0.15, 0.2) is 42.5 Å². The van der Waals surface area contributed by atoms with Gasteiger partial charge in [-0.25, -0.2) is 4.39 Å². The molecule has 3 nitrogen and oxygen atoms in total. The van der Waals surface area contributed by atoms with E-state index < -0.39 is 5.82 Å². The number of nitrogens with one attached hydrogen (secondary N) is 1. The summed E-state index contributed by atoms with van der Waals surface area (Å²) in [5.74, 6) is -0.246. The van der Waals surface area contributed by atoms with E-state index in [0.29, 0.717) is 17.9 Å². The molecule has 0 saturated heterocycles. The lowest BCUT2D eigenvalue weighted by Gasteiger charge is -2.08. The van der Waals surface area contributed by atoms with Gasteiger partial charge in [-0.2, -0.15) is 0 Å². The summed E-state index contributed by atoms with van der Waals surface area (Å²) in [6, 6.07) is 10.8. The van der Waals surface area contributed by atoms with Crippen molar-refractivity contribution in [3.05, 3.63) is 58.9 Å². The van der Waals surface area contributed by atoms with Gasteiger partial charge in [0, 0.05) is 10.6 Å². The minimum Gasteiger partial charge on any atom is -0.494 e. The molecule has 0 aliphatic heterocycles. The molecule has 5 heteroatoms. The van der Waals surface area contributed by atoms with Crippen LogP contribution in [0.3, 0.4) is 0 Å². The number of hydrogen-bond donors (Lipinski definition) is 1. The fourth-order valence-corrected chi connectivity index (χ4v) is 1.98. The number of anilines is 1. The van der Waals surface area contributed by atoms with Crippen LogP contribution in [0, 0.1) is 5.82 Å². The second-order valence-corrected chi connectivity index (χ2v) is 5.24. The summed E-state index contributed by atoms with van der Waals surface area (Å²) in [7, 11) is 0. The first-order chi connectivity index (χ1) is 10.6. The Hall–Kier alpha value is -2.07. The molecule has 22 heavy (non-hydrogen) atoms. The molecule has 0 fully saturated rings. The Balaban J connectivity index is 2.00. The monoisotopic (exact) mass is 321 g/mol. The molecule has 1 amide bonds. The minimum atomic E-state index is -0.569. The van der Waals surface area contributed by atoms with Crippen molar-refractivity contribution >= 4 is 23.2 Å². The Morgan fingerprint density at radius 3 is 2.59 bits per heavy atom. The number of rotatable bonds is 6.